The molecule has 8 nitrogen and oxygen atoms in total. The van der Waals surface area contributed by atoms with Crippen LogP contribution in [0.4, 0.5) is 10.2 Å². The predicted molar refractivity (Wildman–Crippen MR) is 110 cm³/mol. The summed E-state index contributed by atoms with van der Waals surface area (Å²) < 4.78 is 15.8. The maximum atomic E-state index is 14.4. The lowest BCUT2D eigenvalue weighted by atomic mass is 10.0. The average molecular weight is 436 g/mol. The third-order valence-corrected chi connectivity index (χ3v) is 4.81. The summed E-state index contributed by atoms with van der Waals surface area (Å²) in [6, 6.07) is 5.99. The third kappa shape index (κ3) is 4.28. The van der Waals surface area contributed by atoms with Crippen molar-refractivity contribution >= 4 is 34.4 Å². The molecule has 158 valence electrons. The van der Waals surface area contributed by atoms with Crippen LogP contribution in [0, 0.1) is 5.82 Å². The zero-order valence-corrected chi connectivity index (χ0v) is 16.5. The van der Waals surface area contributed by atoms with E-state index in [1.165, 1.54) is 16.7 Å². The molecule has 0 saturated heterocycles. The molecule has 1 aromatic carbocycles. The second-order valence-corrected chi connectivity index (χ2v) is 6.91. The molecule has 0 aliphatic carbocycles. The number of aromatic nitrogens is 2. The Bertz CT molecular complexity index is 1170. The van der Waals surface area contributed by atoms with Gasteiger partial charge in [-0.15, -0.1) is 0 Å². The molecular weight excluding hydrogens is 417 g/mol. The average Bonchev–Trinajstić information content (AvgIpc) is 2.72. The molecule has 4 N–H and O–H groups in total. The maximum absolute atomic E-state index is 14.4. The van der Waals surface area contributed by atoms with Gasteiger partial charge in [0.1, 0.15) is 22.8 Å². The number of aliphatic hydroxyl groups excluding tert-OH is 2. The Morgan fingerprint density at radius 1 is 1.23 bits per heavy atom. The Hall–Kier alpha value is -3.01. The molecule has 0 atom stereocenters. The maximum Gasteiger partial charge on any atom is 0.341 e. The van der Waals surface area contributed by atoms with Gasteiger partial charge in [-0.2, -0.15) is 0 Å². The van der Waals surface area contributed by atoms with Crippen LogP contribution in [0.5, 0.6) is 0 Å². The smallest absolute Gasteiger partial charge is 0.341 e. The highest BCUT2D eigenvalue weighted by Crippen LogP contribution is 2.25. The Kier molecular flexibility index (Phi) is 6.66. The van der Waals surface area contributed by atoms with Crippen molar-refractivity contribution in [1.82, 2.24) is 9.55 Å². The minimum atomic E-state index is -1.40. The fourth-order valence-corrected chi connectivity index (χ4v) is 3.33. The number of nitrogens with one attached hydrogen (secondary N) is 1. The SMILES string of the molecule is O=C(O)c1cn(CCO)c2nc(NCCO)c(Cc3cccc(Cl)c3F)cc2c1=O. The van der Waals surface area contributed by atoms with Gasteiger partial charge in [-0.25, -0.2) is 14.2 Å². The lowest BCUT2D eigenvalue weighted by molar-refractivity contribution is 0.0694. The second-order valence-electron chi connectivity index (χ2n) is 6.50. The van der Waals surface area contributed by atoms with Gasteiger partial charge in [-0.3, -0.25) is 4.79 Å². The van der Waals surface area contributed by atoms with E-state index >= 15 is 0 Å². The van der Waals surface area contributed by atoms with E-state index in [2.05, 4.69) is 10.3 Å². The molecule has 0 fully saturated rings. The van der Waals surface area contributed by atoms with Gasteiger partial charge in [0.15, 0.2) is 0 Å². The van der Waals surface area contributed by atoms with E-state index in [4.69, 9.17) is 16.7 Å². The van der Waals surface area contributed by atoms with Crippen LogP contribution in [0.2, 0.25) is 5.02 Å². The van der Waals surface area contributed by atoms with Gasteiger partial charge in [-0.1, -0.05) is 23.7 Å². The fourth-order valence-electron chi connectivity index (χ4n) is 3.13. The van der Waals surface area contributed by atoms with Gasteiger partial charge in [0.2, 0.25) is 5.43 Å². The molecule has 0 radical (unpaired) electrons. The number of carbonyl (C=O) groups is 1. The van der Waals surface area contributed by atoms with Crippen LogP contribution in [-0.4, -0.2) is 50.6 Å². The number of halogens is 2. The van der Waals surface area contributed by atoms with Gasteiger partial charge >= 0.3 is 5.97 Å². The summed E-state index contributed by atoms with van der Waals surface area (Å²) in [5, 5.41) is 30.7. The van der Waals surface area contributed by atoms with Gasteiger partial charge in [0.25, 0.3) is 0 Å². The normalized spacial score (nSPS) is 11.1. The summed E-state index contributed by atoms with van der Waals surface area (Å²) in [5.74, 6) is -1.71. The first-order valence-electron chi connectivity index (χ1n) is 9.06. The number of hydrogen-bond acceptors (Lipinski definition) is 6. The van der Waals surface area contributed by atoms with Crippen LogP contribution in [0.15, 0.2) is 35.3 Å². The quantitative estimate of drug-likeness (QED) is 0.425. The number of nitrogens with zero attached hydrogens (tertiary/aromatic N) is 2. The number of rotatable bonds is 8. The van der Waals surface area contributed by atoms with Crippen LogP contribution < -0.4 is 10.7 Å². The van der Waals surface area contributed by atoms with E-state index in [0.29, 0.717) is 11.4 Å². The second kappa shape index (κ2) is 9.21. The standard InChI is InChI=1S/C20H19ClFN3O5/c21-15-3-1-2-11(16(15)22)8-12-9-13-17(28)14(20(29)30)10-25(5-7-27)19(13)24-18(12)23-4-6-26/h1-3,9-10,26-27H,4-8H2,(H,23,24)(H,29,30). The van der Waals surface area contributed by atoms with Gasteiger partial charge < -0.3 is 25.2 Å². The van der Waals surface area contributed by atoms with Crippen molar-refractivity contribution in [3.8, 4) is 0 Å². The minimum absolute atomic E-state index is 0.0196. The van der Waals surface area contributed by atoms with Crippen molar-refractivity contribution in [3.63, 3.8) is 0 Å². The third-order valence-electron chi connectivity index (χ3n) is 4.52. The number of benzene rings is 1. The Morgan fingerprint density at radius 3 is 2.67 bits per heavy atom. The Balaban J connectivity index is 2.26. The zero-order valence-electron chi connectivity index (χ0n) is 15.7. The van der Waals surface area contributed by atoms with E-state index < -0.39 is 22.8 Å². The highest BCUT2D eigenvalue weighted by Gasteiger charge is 2.19. The summed E-state index contributed by atoms with van der Waals surface area (Å²) in [5.41, 5.74) is -0.350. The highest BCUT2D eigenvalue weighted by molar-refractivity contribution is 6.30. The Labute approximate surface area is 175 Å². The highest BCUT2D eigenvalue weighted by atomic mass is 35.5. The molecule has 0 spiro atoms. The predicted octanol–water partition coefficient (Wildman–Crippen LogP) is 1.87. The van der Waals surface area contributed by atoms with Gasteiger partial charge in [0, 0.05) is 25.7 Å². The molecule has 3 rings (SSSR count). The first-order valence-corrected chi connectivity index (χ1v) is 9.44. The minimum Gasteiger partial charge on any atom is -0.477 e. The van der Waals surface area contributed by atoms with E-state index in [1.807, 2.05) is 0 Å². The van der Waals surface area contributed by atoms with E-state index in [0.717, 1.165) is 6.20 Å². The fraction of sp³-hybridized carbons (Fsp3) is 0.250. The number of aromatic carboxylic acids is 1. The van der Waals surface area contributed by atoms with E-state index in [1.54, 1.807) is 12.1 Å². The van der Waals surface area contributed by atoms with Crippen LogP contribution in [0.3, 0.4) is 0 Å². The number of anilines is 1. The lowest BCUT2D eigenvalue weighted by Gasteiger charge is -2.16. The molecule has 0 aliphatic heterocycles. The molecular formula is C20H19ClFN3O5. The number of hydrogen-bond donors (Lipinski definition) is 4. The molecule has 2 heterocycles. The van der Waals surface area contributed by atoms with Crippen LogP contribution in [0.25, 0.3) is 11.0 Å². The number of aliphatic hydroxyl groups is 2. The van der Waals surface area contributed by atoms with Crippen molar-refractivity contribution in [2.75, 3.05) is 25.1 Å². The summed E-state index contributed by atoms with van der Waals surface area (Å²) in [6.07, 6.45) is 1.15. The molecule has 0 aliphatic rings. The Morgan fingerprint density at radius 2 is 2.00 bits per heavy atom. The van der Waals surface area contributed by atoms with E-state index in [-0.39, 0.29) is 54.3 Å². The summed E-state index contributed by atoms with van der Waals surface area (Å²) in [7, 11) is 0. The molecule has 2 aromatic heterocycles. The number of carboxylic acid groups (broad SMARTS) is 1. The summed E-state index contributed by atoms with van der Waals surface area (Å²) in [4.78, 5) is 28.6. The summed E-state index contributed by atoms with van der Waals surface area (Å²) >= 11 is 5.85. The molecule has 0 amide bonds. The monoisotopic (exact) mass is 435 g/mol. The summed E-state index contributed by atoms with van der Waals surface area (Å²) in [6.45, 7) is -0.313. The van der Waals surface area contributed by atoms with E-state index in [9.17, 15) is 24.2 Å². The topological polar surface area (TPSA) is 125 Å². The van der Waals surface area contributed by atoms with Gasteiger partial charge in [0.05, 0.1) is 23.6 Å². The number of pyridine rings is 2. The van der Waals surface area contributed by atoms with Crippen molar-refractivity contribution in [1.29, 1.82) is 0 Å². The number of fused-ring (bicyclic) bond motifs is 1. The van der Waals surface area contributed by atoms with Crippen LogP contribution in [-0.2, 0) is 13.0 Å². The van der Waals surface area contributed by atoms with Crippen molar-refractivity contribution < 1.29 is 24.5 Å². The molecule has 0 bridgehead atoms. The molecule has 0 saturated carbocycles. The van der Waals surface area contributed by atoms with Crippen molar-refractivity contribution in [2.45, 2.75) is 13.0 Å². The van der Waals surface area contributed by atoms with Crippen LogP contribution >= 0.6 is 11.6 Å². The molecule has 3 aromatic rings. The number of carboxylic acids is 1. The van der Waals surface area contributed by atoms with Crippen molar-refractivity contribution in [2.24, 2.45) is 0 Å². The molecule has 30 heavy (non-hydrogen) atoms. The first kappa shape index (κ1) is 21.7. The largest absolute Gasteiger partial charge is 0.477 e. The lowest BCUT2D eigenvalue weighted by Crippen LogP contribution is -2.21. The van der Waals surface area contributed by atoms with Crippen LogP contribution in [0.1, 0.15) is 21.5 Å². The van der Waals surface area contributed by atoms with Crippen molar-refractivity contribution in [3.05, 3.63) is 68.2 Å². The zero-order chi connectivity index (χ0) is 21.8. The van der Waals surface area contributed by atoms with Gasteiger partial charge in [-0.05, 0) is 23.3 Å². The first-order chi connectivity index (χ1) is 14.4. The molecule has 10 heteroatoms. The molecule has 0 unspecified atom stereocenters.